The van der Waals surface area contributed by atoms with Gasteiger partial charge in [-0.15, -0.1) is 18.4 Å². The second kappa shape index (κ2) is 70.0. The average molecular weight is 2760 g/mol. The molecule has 0 bridgehead atoms. The summed E-state index contributed by atoms with van der Waals surface area (Å²) in [5, 5.41) is 60.1. The zero-order chi connectivity index (χ0) is 108. The lowest BCUT2D eigenvalue weighted by atomic mass is 10.1. The molecule has 43 heteroatoms. The second-order valence-corrected chi connectivity index (χ2v) is 42.3. The summed E-state index contributed by atoms with van der Waals surface area (Å²) in [5.74, 6) is -9.23. The largest absolute Gasteiger partial charge is 0.534 e. The number of hydrogen-bond donors (Lipinski definition) is 5. The zero-order valence-corrected chi connectivity index (χ0v) is 92.6. The minimum atomic E-state index is -5.89. The molecule has 0 heterocycles. The molecule has 11 rings (SSSR count). The Labute approximate surface area is 903 Å². The number of nitrogens with zero attached hydrogens (tertiary/aromatic N) is 2. The standard InChI is InChI=1S/C12H11FO2.C10H8F4O5S.C10H10FIO2.C9H9FO3.C9H9IO2.C8H5FIN.C8H7IO2.C7H5BrFI.C7H6FI.C7H4FNO.C7H5FO3.C5H10Si/c1-3-9-5-6-10(11(13)7-9)8-12(14)15-4-2;1-2-18-9(15)7-4-3-6(5-8(7)11)19-20(16,17)10(12,13)14;1-2-14-10(13)5-7-3-4-8(12)6-9(7)11;1-2-13-9(12)7-4-3-6(11)5-8(7)10;1-12-9(11)6-7-2-4-8(10)5-3-7;9-8-5-7(10)2-1-6(8)3-4-11;9-7-3-1-6(2-4-7)5-8(10)11;8-4-5-1-2-6(10)3-7(5)9;1-5-2-3-6(9)4-7(5)8;8-7-3-6(10)2-1-5(7)4-9;8-6-3-4(9)1-2-5(6)7(10)11;1-5-6(2,3)4/h1,5-7H,4,8H2,2H3;3-5H,2H2,1H3;3-4,6H,2,5H2,1H3;3-5,11H,2H2,1H3;2-5H,6H2,1H3;1-2,5H,3H2;1-4H,5H2,(H,10,11);1-3H,4H2;2-4H,1H3;1-3,10H;1-3,9H,(H,10,11);1H,2-4H3. The quantitative estimate of drug-likeness (QED) is 0.00578. The van der Waals surface area contributed by atoms with Gasteiger partial charge in [-0.05, 0) is 337 Å². The van der Waals surface area contributed by atoms with Gasteiger partial charge in [-0.3, -0.25) is 19.2 Å². The molecule has 0 atom stereocenters. The fourth-order valence-corrected chi connectivity index (χ4v) is 12.4. The maximum atomic E-state index is 13.4. The predicted molar refractivity (Wildman–Crippen MR) is 566 cm³/mol. The Kier molecular flexibility index (Phi) is 64.7. The molecule has 0 aromatic heterocycles. The molecule has 0 saturated carbocycles. The minimum Gasteiger partial charge on any atom is -0.508 e. The van der Waals surface area contributed by atoms with Gasteiger partial charge in [0.15, 0.2) is 0 Å². The first kappa shape index (κ1) is 131. The maximum Gasteiger partial charge on any atom is 0.534 e. The number of phenolic OH excluding ortho intramolecular Hbond substituents is 3. The van der Waals surface area contributed by atoms with Crippen molar-refractivity contribution < 1.29 is 148 Å². The average Bonchev–Trinajstić information content (AvgIpc) is 0.809. The number of carbonyl (C=O) groups excluding carboxylic acids is 5. The summed E-state index contributed by atoms with van der Waals surface area (Å²) in [6.07, 6.45) is 10.8. The molecule has 22 nitrogen and oxygen atoms in total. The summed E-state index contributed by atoms with van der Waals surface area (Å²) in [7, 11) is -5.60. The van der Waals surface area contributed by atoms with Crippen LogP contribution in [0.1, 0.15) is 109 Å². The fraction of sp³-hybridized carbons (Fsp3) is 0.202. The Morgan fingerprint density at radius 2 is 0.789 bits per heavy atom. The Bertz CT molecular complexity index is 6290. The molecule has 0 saturated heterocycles. The van der Waals surface area contributed by atoms with E-state index in [2.05, 4.69) is 156 Å². The number of hydrogen-bond acceptors (Lipinski definition) is 20. The van der Waals surface area contributed by atoms with Crippen molar-refractivity contribution in [3.63, 3.8) is 0 Å². The van der Waals surface area contributed by atoms with Gasteiger partial charge >= 0.3 is 57.4 Å². The highest BCUT2D eigenvalue weighted by Gasteiger charge is 2.48. The van der Waals surface area contributed by atoms with Crippen LogP contribution < -0.4 is 4.18 Å². The van der Waals surface area contributed by atoms with Gasteiger partial charge in [0, 0.05) is 62.1 Å². The molecule has 0 aliphatic rings. The first-order valence-corrected chi connectivity index (χ1v) is 52.7. The summed E-state index contributed by atoms with van der Waals surface area (Å²) in [6.45, 7) is 15.5. The number of rotatable bonds is 19. The van der Waals surface area contributed by atoms with Crippen molar-refractivity contribution in [1.82, 2.24) is 0 Å². The summed E-state index contributed by atoms with van der Waals surface area (Å²) in [6, 6.07) is 54.5. The van der Waals surface area contributed by atoms with Gasteiger partial charge in [-0.2, -0.15) is 32.1 Å². The number of carboxylic acids is 2. The van der Waals surface area contributed by atoms with Gasteiger partial charge < -0.3 is 53.4 Å². The van der Waals surface area contributed by atoms with Crippen LogP contribution in [0, 0.1) is 128 Å². The van der Waals surface area contributed by atoms with Crippen molar-refractivity contribution in [3.8, 4) is 59.4 Å². The van der Waals surface area contributed by atoms with Crippen LogP contribution in [0.4, 0.5) is 52.7 Å². The van der Waals surface area contributed by atoms with Crippen LogP contribution >= 0.6 is 151 Å². The van der Waals surface area contributed by atoms with Gasteiger partial charge in [0.1, 0.15) is 89.5 Å². The van der Waals surface area contributed by atoms with E-state index in [4.69, 9.17) is 58.4 Å². The Morgan fingerprint density at radius 1 is 0.430 bits per heavy atom. The number of esters is 5. The van der Waals surface area contributed by atoms with Crippen molar-refractivity contribution in [1.29, 1.82) is 10.5 Å². The number of phenols is 3. The van der Waals surface area contributed by atoms with Crippen molar-refractivity contribution in [2.75, 3.05) is 33.5 Å². The van der Waals surface area contributed by atoms with E-state index < -0.39 is 105 Å². The van der Waals surface area contributed by atoms with Gasteiger partial charge in [0.2, 0.25) is 0 Å². The molecule has 0 aliphatic heterocycles. The highest BCUT2D eigenvalue weighted by atomic mass is 127. The van der Waals surface area contributed by atoms with Crippen LogP contribution in [0.5, 0.6) is 23.0 Å². The van der Waals surface area contributed by atoms with Gasteiger partial charge in [0.25, 0.3) is 0 Å². The summed E-state index contributed by atoms with van der Waals surface area (Å²) in [5.41, 5.74) is 0.736. The monoisotopic (exact) mass is 2750 g/mol. The van der Waals surface area contributed by atoms with Crippen LogP contribution in [0.25, 0.3) is 0 Å². The van der Waals surface area contributed by atoms with E-state index in [0.29, 0.717) is 70.5 Å². The topological polar surface area (TPSA) is 358 Å². The lowest BCUT2D eigenvalue weighted by Gasteiger charge is -2.10. The van der Waals surface area contributed by atoms with Crippen molar-refractivity contribution in [3.05, 3.63) is 353 Å². The molecule has 0 amide bonds. The predicted octanol–water partition coefficient (Wildman–Crippen LogP) is 25.0. The number of aliphatic carboxylic acids is 1. The van der Waals surface area contributed by atoms with E-state index in [1.54, 1.807) is 76.2 Å². The number of carboxylic acid groups (broad SMARTS) is 2. The van der Waals surface area contributed by atoms with Crippen LogP contribution in [0.3, 0.4) is 0 Å². The third-order valence-corrected chi connectivity index (χ3v) is 22.5. The molecule has 142 heavy (non-hydrogen) atoms. The number of terminal acetylenes is 2. The highest BCUT2D eigenvalue weighted by Crippen LogP contribution is 2.29. The molecule has 0 unspecified atom stereocenters. The van der Waals surface area contributed by atoms with Crippen LogP contribution in [0.2, 0.25) is 19.6 Å². The SMILES string of the molecule is C#C[Si](C)(C)C.C#Cc1ccc(CC(=O)OCC)c(F)c1.CCOC(=O)Cc1ccc(I)cc1F.CCOC(=O)c1ccc(O)cc1F.CCOC(=O)c1ccc(OS(=O)(=O)C(F)(F)F)cc1F.COC(=O)Cc1ccc(I)cc1.Cc1ccc(I)cc1F.Fc1cc(I)ccc1CBr.N#CCc1ccc(I)cc1F.N#Cc1ccc(O)cc1F.O=C(O)Cc1ccc(I)cc1.O=C(O)c1ccc(O)cc1F. The number of methoxy groups -OCH3 is 1. The fourth-order valence-electron chi connectivity index (χ4n) is 8.99. The van der Waals surface area contributed by atoms with Crippen LogP contribution in [-0.4, -0.2) is 123 Å². The highest BCUT2D eigenvalue weighted by molar-refractivity contribution is 14.1. The molecule has 758 valence electrons. The number of alkyl halides is 4. The van der Waals surface area contributed by atoms with E-state index >= 15 is 0 Å². The van der Waals surface area contributed by atoms with Gasteiger partial charge in [-0.25, -0.2) is 53.9 Å². The first-order chi connectivity index (χ1) is 66.5. The third kappa shape index (κ3) is 56.3. The van der Waals surface area contributed by atoms with Crippen LogP contribution in [-0.2, 0) is 90.4 Å². The molecule has 11 aromatic rings. The number of carbonyl (C=O) groups is 7. The number of benzene rings is 11. The molecule has 0 aliphatic carbocycles. The van der Waals surface area contributed by atoms with E-state index in [0.717, 1.165) is 65.4 Å². The number of ether oxygens (including phenoxy) is 5. The summed E-state index contributed by atoms with van der Waals surface area (Å²) in [4.78, 5) is 75.7. The van der Waals surface area contributed by atoms with Crippen molar-refractivity contribution in [2.24, 2.45) is 0 Å². The van der Waals surface area contributed by atoms with E-state index in [1.165, 1.54) is 78.3 Å². The molecular formula is C99H89BrF12I6N2O20SSi. The van der Waals surface area contributed by atoms with E-state index in [-0.39, 0.29) is 96.5 Å². The van der Waals surface area contributed by atoms with E-state index in [9.17, 15) is 94.7 Å². The second-order valence-electron chi connectivity index (χ2n) is 27.9. The summed E-state index contributed by atoms with van der Waals surface area (Å²) < 4.78 is 206. The Hall–Kier alpha value is -10.8. The van der Waals surface area contributed by atoms with Gasteiger partial charge in [-0.1, -0.05) is 96.1 Å². The van der Waals surface area contributed by atoms with Gasteiger partial charge in [0.05, 0.1) is 94.0 Å². The number of halogens is 19. The maximum absolute atomic E-state index is 13.4. The molecule has 11 aromatic carbocycles. The zero-order valence-electron chi connectivity index (χ0n) is 76.3. The lowest BCUT2D eigenvalue weighted by molar-refractivity contribution is -0.143. The molecular weight excluding hydrogens is 2670 g/mol. The number of nitriles is 2. The molecule has 5 N–H and O–H groups in total. The van der Waals surface area contributed by atoms with Crippen molar-refractivity contribution in [2.45, 2.75) is 97.2 Å². The third-order valence-electron chi connectivity index (χ3n) is 15.9. The Balaban J connectivity index is 0.00000154. The first-order valence-electron chi connectivity index (χ1n) is 40.2. The number of aryl methyl sites for hydroxylation is 1. The number of aromatic hydroxyl groups is 3. The smallest absolute Gasteiger partial charge is 0.508 e. The number of aromatic carboxylic acids is 1. The molecule has 0 fully saturated rings. The van der Waals surface area contributed by atoms with E-state index in [1.807, 2.05) is 112 Å². The van der Waals surface area contributed by atoms with Crippen molar-refractivity contribution >= 4 is 211 Å². The lowest BCUT2D eigenvalue weighted by Crippen LogP contribution is -2.28. The molecule has 0 spiro atoms. The molecule has 0 radical (unpaired) electrons. The normalized spacial score (nSPS) is 9.92. The minimum absolute atomic E-state index is 0.00338. The Morgan fingerprint density at radius 3 is 1.12 bits per heavy atom. The summed E-state index contributed by atoms with van der Waals surface area (Å²) >= 11 is 15.8. The van der Waals surface area contributed by atoms with Crippen LogP contribution in [0.15, 0.2) is 212 Å².